The van der Waals surface area contributed by atoms with E-state index in [9.17, 15) is 0 Å². The zero-order chi connectivity index (χ0) is 19.4. The van der Waals surface area contributed by atoms with Crippen LogP contribution in [-0.2, 0) is 59.0 Å². The summed E-state index contributed by atoms with van der Waals surface area (Å²) >= 11 is 3.90. The van der Waals surface area contributed by atoms with E-state index in [4.69, 9.17) is 23.3 Å². The van der Waals surface area contributed by atoms with Gasteiger partial charge in [0.25, 0.3) is 0 Å². The molecular formula is C17H15CoO5Re-. The molecule has 1 aliphatic rings. The summed E-state index contributed by atoms with van der Waals surface area (Å²) in [4.78, 5) is 2.71. The van der Waals surface area contributed by atoms with Crippen LogP contribution < -0.4 is 0 Å². The Morgan fingerprint density at radius 3 is 1.04 bits per heavy atom. The first-order chi connectivity index (χ1) is 11.4. The Bertz CT molecular complexity index is 378. The molecule has 24 heavy (non-hydrogen) atoms. The molecule has 1 fully saturated rings. The molecule has 1 aliphatic carbocycles. The van der Waals surface area contributed by atoms with E-state index in [0.29, 0.717) is 0 Å². The standard InChI is InChI=1S/C7H5.C5H10.5CO.Co.Re/c1-7-5-3-2-4-6-7;1-2-4-5-3-1;5*1-2;;/h2-6H;1-5H2;;;;;;;/q-1;;;;;;;;. The first-order valence-electron chi connectivity index (χ1n) is 5.85. The molecule has 7 heteroatoms. The van der Waals surface area contributed by atoms with Gasteiger partial charge in [-0.05, 0) is 0 Å². The molecule has 0 amide bonds. The summed E-state index contributed by atoms with van der Waals surface area (Å²) in [5, 5.41) is 0. The van der Waals surface area contributed by atoms with Crippen molar-refractivity contribution < 1.29 is 59.0 Å². The van der Waals surface area contributed by atoms with Crippen molar-refractivity contribution in [3.8, 4) is 0 Å². The minimum atomic E-state index is 0. The van der Waals surface area contributed by atoms with Crippen LogP contribution in [0.15, 0.2) is 30.3 Å². The van der Waals surface area contributed by atoms with Gasteiger partial charge in [0.15, 0.2) is 0 Å². The van der Waals surface area contributed by atoms with Crippen molar-refractivity contribution in [1.29, 1.82) is 0 Å². The summed E-state index contributed by atoms with van der Waals surface area (Å²) in [6.07, 6.45) is 7.50. The second-order valence-corrected chi connectivity index (χ2v) is 3.48. The van der Waals surface area contributed by atoms with Crippen molar-refractivity contribution in [2.75, 3.05) is 0 Å². The van der Waals surface area contributed by atoms with Crippen LogP contribution in [0, 0.1) is 33.3 Å². The van der Waals surface area contributed by atoms with Crippen LogP contribution in [0.5, 0.6) is 0 Å². The SMILES string of the molecule is C1CCCC1.[C-]#[O+].[C-]#[O+].[C-]#[O+].[C-]#[O+].[C-]#[O+].[Co]=[C-]c1ccccc1.[Re]. The molecule has 0 saturated heterocycles. The van der Waals surface area contributed by atoms with Crippen molar-refractivity contribution in [1.82, 2.24) is 0 Å². The van der Waals surface area contributed by atoms with Gasteiger partial charge in [0.1, 0.15) is 0 Å². The monoisotopic (exact) mass is 545 g/mol. The second kappa shape index (κ2) is 57.4. The fourth-order valence-corrected chi connectivity index (χ4v) is 1.55. The molecule has 1 aromatic rings. The van der Waals surface area contributed by atoms with Crippen LogP contribution in [0.1, 0.15) is 37.7 Å². The quantitative estimate of drug-likeness (QED) is 0.384. The van der Waals surface area contributed by atoms with Gasteiger partial charge in [0, 0.05) is 20.4 Å². The van der Waals surface area contributed by atoms with Crippen LogP contribution in [0.2, 0.25) is 0 Å². The first kappa shape index (κ1) is 38.5. The Kier molecular flexibility index (Phi) is 92.1. The summed E-state index contributed by atoms with van der Waals surface area (Å²) < 4.78 is 37.5. The average molecular weight is 544 g/mol. The normalized spacial score (nSPS) is 8.29. The zero-order valence-electron chi connectivity index (χ0n) is 12.7. The molecule has 0 atom stereocenters. The molecule has 0 heterocycles. The second-order valence-electron chi connectivity index (χ2n) is 3.22. The fraction of sp³-hybridized carbons (Fsp3) is 0.294. The van der Waals surface area contributed by atoms with Gasteiger partial charge < -0.3 is 0 Å². The van der Waals surface area contributed by atoms with E-state index >= 15 is 0 Å². The molecule has 0 unspecified atom stereocenters. The predicted octanol–water partition coefficient (Wildman–Crippen LogP) is 3.02. The van der Waals surface area contributed by atoms with Crippen LogP contribution in [0.3, 0.4) is 0 Å². The molecule has 130 valence electrons. The van der Waals surface area contributed by atoms with Crippen molar-refractivity contribution in [2.24, 2.45) is 0 Å². The van der Waals surface area contributed by atoms with E-state index in [0.717, 1.165) is 5.56 Å². The summed E-state index contributed by atoms with van der Waals surface area (Å²) in [5.41, 5.74) is 1.02. The van der Waals surface area contributed by atoms with Gasteiger partial charge in [-0.2, -0.15) is 0 Å². The van der Waals surface area contributed by atoms with E-state index in [2.05, 4.69) is 53.5 Å². The van der Waals surface area contributed by atoms with Crippen molar-refractivity contribution >= 4 is 4.96 Å². The molecular weight excluding hydrogens is 529 g/mol. The number of hydrogen-bond donors (Lipinski definition) is 0. The number of rotatable bonds is 1. The Hall–Kier alpha value is -1.04. The third-order valence-corrected chi connectivity index (χ3v) is 2.42. The molecule has 0 aromatic heterocycles. The van der Waals surface area contributed by atoms with Crippen molar-refractivity contribution in [3.05, 3.63) is 69.1 Å². The molecule has 1 saturated carbocycles. The average Bonchev–Trinajstić information content (AvgIpc) is 3.30. The molecule has 0 aliphatic heterocycles. The smallest absolute Gasteiger partial charge is 0 e. The zero-order valence-corrected chi connectivity index (χ0v) is 16.4. The van der Waals surface area contributed by atoms with Crippen LogP contribution in [-0.4, -0.2) is 4.96 Å². The molecule has 1 aromatic carbocycles. The van der Waals surface area contributed by atoms with E-state index in [1.54, 1.807) is 0 Å². The maximum Gasteiger partial charge on any atom is 0 e. The number of benzene rings is 1. The fourth-order valence-electron chi connectivity index (χ4n) is 1.38. The van der Waals surface area contributed by atoms with Crippen LogP contribution in [0.4, 0.5) is 0 Å². The van der Waals surface area contributed by atoms with Gasteiger partial charge in [-0.1, -0.05) is 32.1 Å². The van der Waals surface area contributed by atoms with Gasteiger partial charge >= 0.3 is 113 Å². The summed E-state index contributed by atoms with van der Waals surface area (Å²) in [7, 11) is 0. The third kappa shape index (κ3) is 42.8. The molecule has 0 spiro atoms. The summed E-state index contributed by atoms with van der Waals surface area (Å²) in [6.45, 7) is 22.5. The Labute approximate surface area is 165 Å². The van der Waals surface area contributed by atoms with Gasteiger partial charge in [0.05, 0.1) is 0 Å². The largest absolute Gasteiger partial charge is 0 e. The van der Waals surface area contributed by atoms with Gasteiger partial charge in [0.2, 0.25) is 0 Å². The molecule has 1 radical (unpaired) electrons. The maximum absolute atomic E-state index is 7.50. The van der Waals surface area contributed by atoms with Crippen molar-refractivity contribution in [2.45, 2.75) is 32.1 Å². The minimum Gasteiger partial charge on any atom is 0 e. The molecule has 0 N–H and O–H groups in total. The minimum absolute atomic E-state index is 0. The number of hydrogen-bond acceptors (Lipinski definition) is 0. The predicted molar refractivity (Wildman–Crippen MR) is 73.3 cm³/mol. The van der Waals surface area contributed by atoms with E-state index < -0.39 is 0 Å². The first-order valence-corrected chi connectivity index (χ1v) is 6.37. The van der Waals surface area contributed by atoms with E-state index in [1.165, 1.54) is 32.1 Å². The van der Waals surface area contributed by atoms with E-state index in [1.807, 2.05) is 30.3 Å². The topological polar surface area (TPSA) is 99.5 Å². The molecule has 5 nitrogen and oxygen atoms in total. The summed E-state index contributed by atoms with van der Waals surface area (Å²) in [6, 6.07) is 9.78. The third-order valence-electron chi connectivity index (χ3n) is 2.12. The van der Waals surface area contributed by atoms with Gasteiger partial charge in [-0.15, -0.1) is 0 Å². The van der Waals surface area contributed by atoms with Crippen LogP contribution in [0.25, 0.3) is 0 Å². The van der Waals surface area contributed by atoms with Gasteiger partial charge in [-0.3, -0.25) is 0 Å². The molecule has 2 rings (SSSR count). The maximum atomic E-state index is 7.50. The van der Waals surface area contributed by atoms with Gasteiger partial charge in [-0.25, -0.2) is 0 Å². The van der Waals surface area contributed by atoms with Crippen molar-refractivity contribution in [3.63, 3.8) is 0 Å². The van der Waals surface area contributed by atoms with Crippen LogP contribution >= 0.6 is 0 Å². The van der Waals surface area contributed by atoms with E-state index in [-0.39, 0.29) is 20.4 Å². The Balaban J connectivity index is -0.0000000446. The Morgan fingerprint density at radius 1 is 0.625 bits per heavy atom. The molecule has 0 bridgehead atoms. The Morgan fingerprint density at radius 2 is 0.875 bits per heavy atom. The summed E-state index contributed by atoms with van der Waals surface area (Å²) in [5.74, 6) is 0.